The van der Waals surface area contributed by atoms with E-state index in [1.807, 2.05) is 24.4 Å². The first kappa shape index (κ1) is 22.0. The second-order valence-corrected chi connectivity index (χ2v) is 9.48. The highest BCUT2D eigenvalue weighted by atomic mass is 32.2. The zero-order chi connectivity index (χ0) is 23.8. The van der Waals surface area contributed by atoms with Gasteiger partial charge in [0.25, 0.3) is 5.56 Å². The average molecular weight is 491 g/mol. The molecule has 0 aliphatic carbocycles. The number of pyridine rings is 2. The Bertz CT molecular complexity index is 1580. The largest absolute Gasteiger partial charge is 0.379 e. The maximum atomic E-state index is 14.0. The van der Waals surface area contributed by atoms with Gasteiger partial charge in [0.2, 0.25) is 0 Å². The lowest BCUT2D eigenvalue weighted by molar-refractivity contribution is 0.0398. The Kier molecular flexibility index (Phi) is 5.85. The number of imidazole rings is 1. The van der Waals surface area contributed by atoms with Crippen LogP contribution < -0.4 is 10.9 Å². The zero-order valence-corrected chi connectivity index (χ0v) is 19.6. The predicted octanol–water partition coefficient (Wildman–Crippen LogP) is 3.99. The lowest BCUT2D eigenvalue weighted by Crippen LogP contribution is -2.39. The van der Waals surface area contributed by atoms with Gasteiger partial charge in [-0.3, -0.25) is 9.69 Å². The molecule has 0 saturated carbocycles. The third-order valence-corrected chi connectivity index (χ3v) is 7.07. The molecule has 1 aliphatic rings. The van der Waals surface area contributed by atoms with Crippen molar-refractivity contribution in [3.63, 3.8) is 0 Å². The SMILES string of the molecule is O=c1[nH]ccc2c3[nH]c(Sc4ccc(NCCN5CCOCC5)nc4)nc3c3ccc(F)cc3c12. The quantitative estimate of drug-likeness (QED) is 0.310. The second kappa shape index (κ2) is 9.29. The van der Waals surface area contributed by atoms with Gasteiger partial charge in [-0.1, -0.05) is 11.8 Å². The van der Waals surface area contributed by atoms with Gasteiger partial charge in [-0.25, -0.2) is 14.4 Å². The molecular weight excluding hydrogens is 467 g/mol. The van der Waals surface area contributed by atoms with Crippen LogP contribution in [0.1, 0.15) is 0 Å². The number of halogens is 1. The number of hydrogen-bond acceptors (Lipinski definition) is 7. The van der Waals surface area contributed by atoms with Gasteiger partial charge in [0.15, 0.2) is 5.16 Å². The molecule has 3 N–H and O–H groups in total. The fourth-order valence-electron chi connectivity index (χ4n) is 4.50. The number of morpholine rings is 1. The molecule has 0 amide bonds. The molecule has 3 aromatic heterocycles. The van der Waals surface area contributed by atoms with Crippen molar-refractivity contribution in [3.05, 3.63) is 65.0 Å². The number of aromatic nitrogens is 4. The van der Waals surface area contributed by atoms with Crippen LogP contribution >= 0.6 is 11.8 Å². The normalized spacial score (nSPS) is 14.8. The molecule has 0 unspecified atom stereocenters. The average Bonchev–Trinajstić information content (AvgIpc) is 3.30. The number of nitrogens with zero attached hydrogens (tertiary/aromatic N) is 3. The summed E-state index contributed by atoms with van der Waals surface area (Å²) in [4.78, 5) is 31.3. The van der Waals surface area contributed by atoms with E-state index in [2.05, 4.69) is 25.2 Å². The minimum atomic E-state index is -0.392. The Labute approximate surface area is 203 Å². The standard InChI is InChI=1S/C25H23FN6O2S/c26-15-1-3-17-19(13-15)21-18(5-6-28-24(21)33)23-22(17)30-25(31-23)35-16-2-4-20(29-14-16)27-7-8-32-9-11-34-12-10-32/h1-6,13-14H,7-12H2,(H,27,29)(H,28,33)(H,30,31). The molecule has 10 heteroatoms. The Morgan fingerprint density at radius 2 is 2.00 bits per heavy atom. The van der Waals surface area contributed by atoms with Crippen molar-refractivity contribution in [2.24, 2.45) is 0 Å². The number of aromatic amines is 2. The van der Waals surface area contributed by atoms with Gasteiger partial charge in [-0.15, -0.1) is 0 Å². The van der Waals surface area contributed by atoms with Gasteiger partial charge in [0.05, 0.1) is 29.6 Å². The van der Waals surface area contributed by atoms with E-state index in [0.29, 0.717) is 26.8 Å². The number of H-pyrrole nitrogens is 2. The maximum absolute atomic E-state index is 14.0. The van der Waals surface area contributed by atoms with E-state index in [1.165, 1.54) is 23.9 Å². The van der Waals surface area contributed by atoms with Gasteiger partial charge in [0.1, 0.15) is 11.6 Å². The van der Waals surface area contributed by atoms with Crippen molar-refractivity contribution < 1.29 is 9.13 Å². The van der Waals surface area contributed by atoms with Crippen molar-refractivity contribution >= 4 is 50.2 Å². The molecule has 35 heavy (non-hydrogen) atoms. The highest BCUT2D eigenvalue weighted by Crippen LogP contribution is 2.35. The molecule has 0 radical (unpaired) electrons. The number of fused-ring (bicyclic) bond motifs is 6. The molecule has 6 rings (SSSR count). The van der Waals surface area contributed by atoms with Crippen molar-refractivity contribution in [1.82, 2.24) is 24.8 Å². The number of anilines is 1. The van der Waals surface area contributed by atoms with Crippen molar-refractivity contribution in [2.45, 2.75) is 10.1 Å². The fraction of sp³-hybridized carbons (Fsp3) is 0.240. The van der Waals surface area contributed by atoms with Gasteiger partial charge >= 0.3 is 0 Å². The van der Waals surface area contributed by atoms with E-state index >= 15 is 0 Å². The lowest BCUT2D eigenvalue weighted by Gasteiger charge is -2.26. The monoisotopic (exact) mass is 490 g/mol. The molecule has 8 nitrogen and oxygen atoms in total. The highest BCUT2D eigenvalue weighted by Gasteiger charge is 2.16. The summed E-state index contributed by atoms with van der Waals surface area (Å²) in [6, 6.07) is 10.2. The Morgan fingerprint density at radius 3 is 2.83 bits per heavy atom. The summed E-state index contributed by atoms with van der Waals surface area (Å²) >= 11 is 1.45. The molecule has 0 spiro atoms. The summed E-state index contributed by atoms with van der Waals surface area (Å²) in [5.74, 6) is 0.432. The second-order valence-electron chi connectivity index (χ2n) is 8.41. The lowest BCUT2D eigenvalue weighted by atomic mass is 10.0. The number of hydrogen-bond donors (Lipinski definition) is 3. The highest BCUT2D eigenvalue weighted by molar-refractivity contribution is 7.99. The van der Waals surface area contributed by atoms with E-state index in [4.69, 9.17) is 9.72 Å². The Morgan fingerprint density at radius 1 is 1.11 bits per heavy atom. The molecule has 5 aromatic rings. The van der Waals surface area contributed by atoms with Gasteiger partial charge in [-0.2, -0.15) is 0 Å². The molecule has 1 fully saturated rings. The topological polar surface area (TPSA) is 98.9 Å². The van der Waals surface area contributed by atoms with Crippen molar-refractivity contribution in [2.75, 3.05) is 44.7 Å². The molecule has 178 valence electrons. The van der Waals surface area contributed by atoms with Gasteiger partial charge in [-0.05, 0) is 36.4 Å². The van der Waals surface area contributed by atoms with E-state index in [-0.39, 0.29) is 5.56 Å². The summed E-state index contributed by atoms with van der Waals surface area (Å²) in [6.45, 7) is 5.31. The Balaban J connectivity index is 1.25. The van der Waals surface area contributed by atoms with E-state index in [9.17, 15) is 9.18 Å². The smallest absolute Gasteiger partial charge is 0.256 e. The Hall–Kier alpha value is -3.47. The number of benzene rings is 2. The summed E-state index contributed by atoms with van der Waals surface area (Å²) in [6.07, 6.45) is 3.41. The van der Waals surface area contributed by atoms with Crippen LogP contribution in [0.5, 0.6) is 0 Å². The van der Waals surface area contributed by atoms with E-state index < -0.39 is 5.82 Å². The first-order valence-corrected chi connectivity index (χ1v) is 12.3. The van der Waals surface area contributed by atoms with Crippen LogP contribution in [-0.4, -0.2) is 64.2 Å². The van der Waals surface area contributed by atoms with Crippen molar-refractivity contribution in [3.8, 4) is 0 Å². The molecule has 1 aliphatic heterocycles. The molecule has 2 aromatic carbocycles. The molecule has 4 heterocycles. The minimum absolute atomic E-state index is 0.260. The number of rotatable bonds is 6. The molecular formula is C25H23FN6O2S. The van der Waals surface area contributed by atoms with Crippen LogP contribution in [0.3, 0.4) is 0 Å². The van der Waals surface area contributed by atoms with Crippen LogP contribution in [0, 0.1) is 5.82 Å². The fourth-order valence-corrected chi connectivity index (χ4v) is 5.25. The van der Waals surface area contributed by atoms with Crippen LogP contribution in [-0.2, 0) is 4.74 Å². The summed E-state index contributed by atoms with van der Waals surface area (Å²) in [5, 5.41) is 6.47. The molecule has 0 bridgehead atoms. The molecule has 1 saturated heterocycles. The van der Waals surface area contributed by atoms with Crippen LogP contribution in [0.15, 0.2) is 63.6 Å². The van der Waals surface area contributed by atoms with E-state index in [0.717, 1.165) is 61.0 Å². The van der Waals surface area contributed by atoms with Crippen molar-refractivity contribution in [1.29, 1.82) is 0 Å². The van der Waals surface area contributed by atoms with E-state index in [1.54, 1.807) is 12.3 Å². The van der Waals surface area contributed by atoms with Gasteiger partial charge < -0.3 is 20.0 Å². The predicted molar refractivity (Wildman–Crippen MR) is 136 cm³/mol. The minimum Gasteiger partial charge on any atom is -0.379 e. The zero-order valence-electron chi connectivity index (χ0n) is 18.8. The van der Waals surface area contributed by atoms with Crippen LogP contribution in [0.4, 0.5) is 10.2 Å². The summed E-state index contributed by atoms with van der Waals surface area (Å²) in [5.41, 5.74) is 1.20. The van der Waals surface area contributed by atoms with Crippen LogP contribution in [0.25, 0.3) is 32.6 Å². The van der Waals surface area contributed by atoms with Crippen LogP contribution in [0.2, 0.25) is 0 Å². The maximum Gasteiger partial charge on any atom is 0.256 e. The summed E-state index contributed by atoms with van der Waals surface area (Å²) < 4.78 is 19.4. The third-order valence-electron chi connectivity index (χ3n) is 6.21. The number of nitrogens with one attached hydrogen (secondary N) is 3. The van der Waals surface area contributed by atoms with Gasteiger partial charge in [0, 0.05) is 59.6 Å². The first-order chi connectivity index (χ1) is 17.2. The molecule has 0 atom stereocenters. The number of ether oxygens (including phenoxy) is 1. The first-order valence-electron chi connectivity index (χ1n) is 11.5. The summed E-state index contributed by atoms with van der Waals surface area (Å²) in [7, 11) is 0. The third kappa shape index (κ3) is 4.36.